The number of nitro benzene ring substituents is 1. The van der Waals surface area contributed by atoms with E-state index in [4.69, 9.17) is 4.42 Å². The van der Waals surface area contributed by atoms with Crippen molar-refractivity contribution in [1.29, 1.82) is 0 Å². The van der Waals surface area contributed by atoms with Gasteiger partial charge in [-0.05, 0) is 55.5 Å². The number of furan rings is 1. The summed E-state index contributed by atoms with van der Waals surface area (Å²) >= 11 is 6.76. The molecule has 9 heteroatoms. The van der Waals surface area contributed by atoms with Crippen molar-refractivity contribution in [2.45, 2.75) is 6.92 Å². The van der Waals surface area contributed by atoms with Gasteiger partial charge in [0.05, 0.1) is 21.9 Å². The van der Waals surface area contributed by atoms with Crippen LogP contribution in [0.2, 0.25) is 0 Å². The molecule has 0 spiro atoms. The van der Waals surface area contributed by atoms with E-state index in [0.29, 0.717) is 38.5 Å². The highest BCUT2D eigenvalue weighted by molar-refractivity contribution is 9.10. The van der Waals surface area contributed by atoms with Crippen molar-refractivity contribution in [3.8, 4) is 11.3 Å². The molecule has 3 aromatic rings. The van der Waals surface area contributed by atoms with Crippen molar-refractivity contribution in [2.24, 2.45) is 5.10 Å². The number of nitrogens with zero attached hydrogens (tertiary/aromatic N) is 3. The third-order valence-electron chi connectivity index (χ3n) is 4.47. The molecule has 2 aromatic carbocycles. The lowest BCUT2D eigenvalue weighted by atomic mass is 10.1. The molecule has 0 N–H and O–H groups in total. The number of hydrazone groups is 1. The van der Waals surface area contributed by atoms with Crippen molar-refractivity contribution >= 4 is 60.9 Å². The van der Waals surface area contributed by atoms with Gasteiger partial charge in [-0.3, -0.25) is 14.9 Å². The molecule has 0 fully saturated rings. The van der Waals surface area contributed by atoms with Gasteiger partial charge in [0, 0.05) is 26.6 Å². The first-order valence-electron chi connectivity index (χ1n) is 8.75. The van der Waals surface area contributed by atoms with E-state index in [0.717, 1.165) is 4.47 Å². The highest BCUT2D eigenvalue weighted by atomic mass is 79.9. The van der Waals surface area contributed by atoms with E-state index in [1.807, 2.05) is 12.1 Å². The summed E-state index contributed by atoms with van der Waals surface area (Å²) in [6.07, 6.45) is 1.62. The molecule has 0 radical (unpaired) electrons. The molecular weight excluding hydrogens is 518 g/mol. The second-order valence-electron chi connectivity index (χ2n) is 6.46. The predicted molar refractivity (Wildman–Crippen MR) is 121 cm³/mol. The fourth-order valence-corrected chi connectivity index (χ4v) is 3.68. The summed E-state index contributed by atoms with van der Waals surface area (Å²) in [7, 11) is 0. The Balaban J connectivity index is 1.64. The molecule has 1 aliphatic rings. The van der Waals surface area contributed by atoms with Gasteiger partial charge in [0.25, 0.3) is 11.6 Å². The third kappa shape index (κ3) is 3.86. The number of carbonyl (C=O) groups excluding carboxylic acids is 1. The molecule has 7 nitrogen and oxygen atoms in total. The molecule has 150 valence electrons. The van der Waals surface area contributed by atoms with Gasteiger partial charge < -0.3 is 4.42 Å². The van der Waals surface area contributed by atoms with Gasteiger partial charge in [-0.2, -0.15) is 10.1 Å². The molecule has 0 aliphatic carbocycles. The van der Waals surface area contributed by atoms with E-state index in [1.54, 1.807) is 43.3 Å². The van der Waals surface area contributed by atoms with E-state index in [1.165, 1.54) is 17.1 Å². The Hall–Kier alpha value is -3.04. The first kappa shape index (κ1) is 20.2. The molecule has 1 aromatic heterocycles. The number of carbonyl (C=O) groups is 1. The summed E-state index contributed by atoms with van der Waals surface area (Å²) in [5.41, 5.74) is 2.15. The van der Waals surface area contributed by atoms with Gasteiger partial charge in [-0.25, -0.2) is 0 Å². The van der Waals surface area contributed by atoms with Crippen LogP contribution in [-0.2, 0) is 4.79 Å². The van der Waals surface area contributed by atoms with Gasteiger partial charge in [0.15, 0.2) is 0 Å². The highest BCUT2D eigenvalue weighted by Crippen LogP contribution is 2.34. The van der Waals surface area contributed by atoms with E-state index in [-0.39, 0.29) is 11.6 Å². The van der Waals surface area contributed by atoms with Crippen LogP contribution >= 0.6 is 31.9 Å². The highest BCUT2D eigenvalue weighted by Gasteiger charge is 2.29. The number of rotatable bonds is 4. The lowest BCUT2D eigenvalue weighted by Gasteiger charge is -2.11. The minimum Gasteiger partial charge on any atom is -0.457 e. The normalized spacial score (nSPS) is 15.0. The number of halogens is 2. The minimum atomic E-state index is -0.463. The molecule has 2 heterocycles. The number of hydrogen-bond acceptors (Lipinski definition) is 5. The summed E-state index contributed by atoms with van der Waals surface area (Å²) in [5.74, 6) is 0.630. The number of amides is 1. The maximum Gasteiger partial charge on any atom is 0.280 e. The quantitative estimate of drug-likeness (QED) is 0.228. The van der Waals surface area contributed by atoms with E-state index < -0.39 is 4.92 Å². The lowest BCUT2D eigenvalue weighted by Crippen LogP contribution is -2.21. The van der Waals surface area contributed by atoms with Crippen LogP contribution in [-0.4, -0.2) is 16.5 Å². The molecule has 0 atom stereocenters. The smallest absolute Gasteiger partial charge is 0.280 e. The van der Waals surface area contributed by atoms with Gasteiger partial charge in [0.1, 0.15) is 11.5 Å². The number of hydrogen-bond donors (Lipinski definition) is 0. The van der Waals surface area contributed by atoms with Gasteiger partial charge in [-0.1, -0.05) is 31.9 Å². The number of benzene rings is 2. The van der Waals surface area contributed by atoms with Crippen molar-refractivity contribution in [2.75, 3.05) is 5.01 Å². The van der Waals surface area contributed by atoms with Crippen LogP contribution in [0.1, 0.15) is 12.7 Å². The second kappa shape index (κ2) is 8.00. The average Bonchev–Trinajstić information content (AvgIpc) is 3.29. The van der Waals surface area contributed by atoms with Gasteiger partial charge >= 0.3 is 0 Å². The molecule has 1 aliphatic heterocycles. The van der Waals surface area contributed by atoms with E-state index in [2.05, 4.69) is 37.0 Å². The van der Waals surface area contributed by atoms with Gasteiger partial charge in [0.2, 0.25) is 0 Å². The predicted octanol–water partition coefficient (Wildman–Crippen LogP) is 6.19. The molecule has 4 rings (SSSR count). The summed E-state index contributed by atoms with van der Waals surface area (Å²) < 4.78 is 7.41. The number of non-ortho nitro benzene ring substituents is 1. The zero-order valence-corrected chi connectivity index (χ0v) is 18.7. The molecule has 0 unspecified atom stereocenters. The topological polar surface area (TPSA) is 89.0 Å². The van der Waals surface area contributed by atoms with Crippen LogP contribution in [0, 0.1) is 10.1 Å². The van der Waals surface area contributed by atoms with E-state index in [9.17, 15) is 14.9 Å². The van der Waals surface area contributed by atoms with Crippen molar-refractivity contribution < 1.29 is 14.1 Å². The van der Waals surface area contributed by atoms with Crippen LogP contribution in [0.5, 0.6) is 0 Å². The second-order valence-corrected chi connectivity index (χ2v) is 8.23. The molecule has 0 bridgehead atoms. The fourth-order valence-electron chi connectivity index (χ4n) is 2.97. The summed E-state index contributed by atoms with van der Waals surface area (Å²) in [6, 6.07) is 15.1. The maximum atomic E-state index is 12.9. The Morgan fingerprint density at radius 1 is 1.10 bits per heavy atom. The molecule has 0 saturated carbocycles. The summed E-state index contributed by atoms with van der Waals surface area (Å²) in [5, 5.41) is 16.8. The Kier molecular flexibility index (Phi) is 5.40. The van der Waals surface area contributed by atoms with Crippen molar-refractivity contribution in [3.05, 3.63) is 85.0 Å². The van der Waals surface area contributed by atoms with Crippen LogP contribution in [0.25, 0.3) is 17.4 Å². The zero-order valence-electron chi connectivity index (χ0n) is 15.5. The lowest BCUT2D eigenvalue weighted by molar-refractivity contribution is -0.384. The number of anilines is 1. The van der Waals surface area contributed by atoms with Crippen LogP contribution < -0.4 is 5.01 Å². The summed E-state index contributed by atoms with van der Waals surface area (Å²) in [4.78, 5) is 23.5. The largest absolute Gasteiger partial charge is 0.457 e. The molecule has 0 saturated heterocycles. The Labute approximate surface area is 188 Å². The minimum absolute atomic E-state index is 0.0383. The Bertz CT molecular complexity index is 1230. The standard InChI is InChI=1S/C21H13Br2N3O4/c1-12-17(21(27)25(24-12)14-4-2-13(22)3-5-14)11-16-7-9-20(30-16)18-10-15(26(28)29)6-8-19(18)23/h2-11H,1H3. The van der Waals surface area contributed by atoms with Crippen molar-refractivity contribution in [3.63, 3.8) is 0 Å². The van der Waals surface area contributed by atoms with E-state index >= 15 is 0 Å². The third-order valence-corrected chi connectivity index (χ3v) is 5.69. The first-order valence-corrected chi connectivity index (χ1v) is 10.3. The Morgan fingerprint density at radius 3 is 2.53 bits per heavy atom. The van der Waals surface area contributed by atoms with Crippen LogP contribution in [0.15, 0.2) is 78.6 Å². The Morgan fingerprint density at radius 2 is 1.83 bits per heavy atom. The van der Waals surface area contributed by atoms with Crippen LogP contribution in [0.4, 0.5) is 11.4 Å². The molecule has 30 heavy (non-hydrogen) atoms. The zero-order chi connectivity index (χ0) is 21.4. The maximum absolute atomic E-state index is 12.9. The van der Waals surface area contributed by atoms with Crippen LogP contribution in [0.3, 0.4) is 0 Å². The SMILES string of the molecule is CC1=NN(c2ccc(Br)cc2)C(=O)C1=Cc1ccc(-c2cc([N+](=O)[O-])ccc2Br)o1. The van der Waals surface area contributed by atoms with Gasteiger partial charge in [-0.15, -0.1) is 0 Å². The summed E-state index contributed by atoms with van der Waals surface area (Å²) in [6.45, 7) is 1.75. The molecule has 1 amide bonds. The number of nitro groups is 1. The monoisotopic (exact) mass is 529 g/mol. The average molecular weight is 531 g/mol. The molecular formula is C21H13Br2N3O4. The van der Waals surface area contributed by atoms with Crippen molar-refractivity contribution in [1.82, 2.24) is 0 Å². The fraction of sp³-hybridized carbons (Fsp3) is 0.0476. The first-order chi connectivity index (χ1) is 14.3.